The monoisotopic (exact) mass is 695 g/mol. The molecule has 0 spiro atoms. The van der Waals surface area contributed by atoms with E-state index in [2.05, 4.69) is 149 Å². The molecule has 260 valence electrons. The number of aromatic nitrogens is 3. The highest BCUT2D eigenvalue weighted by Gasteiger charge is 2.41. The second-order valence-electron chi connectivity index (χ2n) is 16.0. The lowest BCUT2D eigenvalue weighted by molar-refractivity contribution is 0.652. The Balaban J connectivity index is 0.955. The summed E-state index contributed by atoms with van der Waals surface area (Å²) in [5.41, 5.74) is 18.9. The van der Waals surface area contributed by atoms with Crippen LogP contribution in [0, 0.1) is 0 Å². The van der Waals surface area contributed by atoms with Gasteiger partial charge in [0.2, 0.25) is 0 Å². The van der Waals surface area contributed by atoms with Gasteiger partial charge in [0.05, 0.1) is 0 Å². The molecule has 0 fully saturated rings. The van der Waals surface area contributed by atoms with Crippen LogP contribution in [-0.2, 0) is 10.8 Å². The number of fused-ring (bicyclic) bond motifs is 6. The second-order valence-corrected chi connectivity index (χ2v) is 16.0. The van der Waals surface area contributed by atoms with Gasteiger partial charge < -0.3 is 0 Å². The Kier molecular flexibility index (Phi) is 7.32. The number of hydrogen-bond acceptors (Lipinski definition) is 3. The van der Waals surface area contributed by atoms with Crippen LogP contribution >= 0.6 is 0 Å². The Hall–Kier alpha value is -6.19. The maximum Gasteiger partial charge on any atom is 0.164 e. The Labute approximate surface area is 317 Å². The van der Waals surface area contributed by atoms with Crippen LogP contribution in [0.2, 0.25) is 0 Å². The van der Waals surface area contributed by atoms with Crippen LogP contribution in [0.4, 0.5) is 0 Å². The summed E-state index contributed by atoms with van der Waals surface area (Å²) in [6.07, 6.45) is 8.57. The zero-order valence-electron chi connectivity index (χ0n) is 31.2. The molecule has 0 bridgehead atoms. The minimum atomic E-state index is -0.0634. The van der Waals surface area contributed by atoms with Crippen LogP contribution in [-0.4, -0.2) is 15.0 Å². The maximum absolute atomic E-state index is 4.94. The SMILES string of the molecule is CC1(C)c2ccccc2-c2cc3c(cc21)-c1cc(-c2ccc(-c4ccc(-c5nc(C6=CCCC=C6)nc(-c6ccccc6)n5)cc4)cc2)ccc1C3(C)C. The molecule has 7 aromatic rings. The number of hydrogen-bond donors (Lipinski definition) is 0. The first-order valence-corrected chi connectivity index (χ1v) is 19.1. The van der Waals surface area contributed by atoms with E-state index < -0.39 is 0 Å². The third-order valence-electron chi connectivity index (χ3n) is 12.0. The summed E-state index contributed by atoms with van der Waals surface area (Å²) in [6.45, 7) is 9.50. The van der Waals surface area contributed by atoms with Gasteiger partial charge in [-0.15, -0.1) is 0 Å². The summed E-state index contributed by atoms with van der Waals surface area (Å²) in [7, 11) is 0. The van der Waals surface area contributed by atoms with E-state index >= 15 is 0 Å². The molecule has 3 heteroatoms. The van der Waals surface area contributed by atoms with E-state index in [1.54, 1.807) is 0 Å². The molecule has 3 aliphatic rings. The molecule has 0 saturated carbocycles. The van der Waals surface area contributed by atoms with Gasteiger partial charge in [0.1, 0.15) is 0 Å². The van der Waals surface area contributed by atoms with Gasteiger partial charge in [0, 0.05) is 27.5 Å². The van der Waals surface area contributed by atoms with Crippen LogP contribution in [0.25, 0.3) is 72.9 Å². The fourth-order valence-corrected chi connectivity index (χ4v) is 8.92. The fraction of sp³-hybridized carbons (Fsp3) is 0.157. The highest BCUT2D eigenvalue weighted by molar-refractivity contribution is 5.91. The molecule has 0 atom stereocenters. The predicted molar refractivity (Wildman–Crippen MR) is 223 cm³/mol. The average molecular weight is 696 g/mol. The van der Waals surface area contributed by atoms with E-state index in [1.807, 2.05) is 30.3 Å². The van der Waals surface area contributed by atoms with Gasteiger partial charge in [-0.05, 0) is 97.8 Å². The first kappa shape index (κ1) is 32.5. The van der Waals surface area contributed by atoms with E-state index in [9.17, 15) is 0 Å². The topological polar surface area (TPSA) is 38.7 Å². The molecule has 0 saturated heterocycles. The normalized spacial score (nSPS) is 15.6. The molecule has 3 nitrogen and oxygen atoms in total. The van der Waals surface area contributed by atoms with Gasteiger partial charge in [0.25, 0.3) is 0 Å². The molecule has 0 amide bonds. The van der Waals surface area contributed by atoms with Crippen molar-refractivity contribution in [3.05, 3.63) is 180 Å². The zero-order valence-corrected chi connectivity index (χ0v) is 31.2. The Bertz CT molecular complexity index is 2680. The van der Waals surface area contributed by atoms with Crippen molar-refractivity contribution in [2.45, 2.75) is 51.4 Å². The number of benzene rings is 6. The first-order valence-electron chi connectivity index (χ1n) is 19.1. The summed E-state index contributed by atoms with van der Waals surface area (Å²) in [5.74, 6) is 2.08. The molecule has 10 rings (SSSR count). The molecule has 54 heavy (non-hydrogen) atoms. The van der Waals surface area contributed by atoms with Crippen molar-refractivity contribution >= 4 is 5.57 Å². The molecule has 3 aliphatic carbocycles. The summed E-state index contributed by atoms with van der Waals surface area (Å²) >= 11 is 0. The van der Waals surface area contributed by atoms with Crippen LogP contribution < -0.4 is 0 Å². The average Bonchev–Trinajstić information content (AvgIpc) is 3.59. The largest absolute Gasteiger partial charge is 0.208 e. The lowest BCUT2D eigenvalue weighted by Crippen LogP contribution is -2.16. The molecule has 0 unspecified atom stereocenters. The van der Waals surface area contributed by atoms with Crippen LogP contribution in [0.1, 0.15) is 68.6 Å². The lowest BCUT2D eigenvalue weighted by Gasteiger charge is -2.24. The second kappa shape index (κ2) is 12.2. The van der Waals surface area contributed by atoms with E-state index in [1.165, 1.54) is 61.2 Å². The van der Waals surface area contributed by atoms with Crippen molar-refractivity contribution < 1.29 is 0 Å². The van der Waals surface area contributed by atoms with Crippen molar-refractivity contribution in [1.82, 2.24) is 15.0 Å². The summed E-state index contributed by atoms with van der Waals surface area (Å²) < 4.78 is 0. The maximum atomic E-state index is 4.94. The van der Waals surface area contributed by atoms with Crippen molar-refractivity contribution in [1.29, 1.82) is 0 Å². The number of rotatable bonds is 5. The first-order chi connectivity index (χ1) is 26.3. The molecular weight excluding hydrogens is 655 g/mol. The Morgan fingerprint density at radius 1 is 0.389 bits per heavy atom. The van der Waals surface area contributed by atoms with Crippen molar-refractivity contribution in [2.75, 3.05) is 0 Å². The quantitative estimate of drug-likeness (QED) is 0.180. The molecule has 0 radical (unpaired) electrons. The third kappa shape index (κ3) is 5.14. The molecule has 1 aromatic heterocycles. The van der Waals surface area contributed by atoms with Crippen molar-refractivity contribution in [3.63, 3.8) is 0 Å². The molecule has 6 aromatic carbocycles. The molecular formula is C51H41N3. The van der Waals surface area contributed by atoms with Gasteiger partial charge in [0.15, 0.2) is 17.5 Å². The zero-order chi connectivity index (χ0) is 36.6. The predicted octanol–water partition coefficient (Wildman–Crippen LogP) is 12.9. The van der Waals surface area contributed by atoms with Gasteiger partial charge in [-0.1, -0.05) is 161 Å². The van der Waals surface area contributed by atoms with Gasteiger partial charge in [-0.25, -0.2) is 15.0 Å². The number of nitrogens with zero attached hydrogens (tertiary/aromatic N) is 3. The van der Waals surface area contributed by atoms with Crippen LogP contribution in [0.15, 0.2) is 152 Å². The summed E-state index contributed by atoms with van der Waals surface area (Å²) in [6, 6.07) is 48.7. The van der Waals surface area contributed by atoms with Gasteiger partial charge >= 0.3 is 0 Å². The lowest BCUT2D eigenvalue weighted by atomic mass is 9.79. The minimum absolute atomic E-state index is 0.0246. The summed E-state index contributed by atoms with van der Waals surface area (Å²) in [5, 5.41) is 0. The Morgan fingerprint density at radius 2 is 0.870 bits per heavy atom. The Morgan fingerprint density at radius 3 is 1.50 bits per heavy atom. The van der Waals surface area contributed by atoms with E-state index in [0.29, 0.717) is 17.5 Å². The molecule has 1 heterocycles. The smallest absolute Gasteiger partial charge is 0.164 e. The highest BCUT2D eigenvalue weighted by atomic mass is 15.0. The van der Waals surface area contributed by atoms with Crippen LogP contribution in [0.3, 0.4) is 0 Å². The standard InChI is InChI=1S/C51H41N3/c1-50(2)43-18-12-11-17-39(43)41-30-46-42(31-45(41)50)40-29-38(27-28-44(40)51(46,3)4)34-21-19-32(20-22-34)33-23-25-37(26-24-33)49-53-47(35-13-7-5-8-14-35)52-48(54-49)36-15-9-6-10-16-36/h5,7-9,11-31H,6,10H2,1-4H3. The fourth-order valence-electron chi connectivity index (χ4n) is 8.92. The minimum Gasteiger partial charge on any atom is -0.208 e. The highest BCUT2D eigenvalue weighted by Crippen LogP contribution is 2.56. The molecule has 0 aliphatic heterocycles. The van der Waals surface area contributed by atoms with Gasteiger partial charge in [-0.2, -0.15) is 0 Å². The number of allylic oxidation sites excluding steroid dienone is 4. The van der Waals surface area contributed by atoms with E-state index in [4.69, 9.17) is 15.0 Å². The third-order valence-corrected chi connectivity index (χ3v) is 12.0. The van der Waals surface area contributed by atoms with Gasteiger partial charge in [-0.3, -0.25) is 0 Å². The molecule has 0 N–H and O–H groups in total. The van der Waals surface area contributed by atoms with E-state index in [0.717, 1.165) is 35.1 Å². The van der Waals surface area contributed by atoms with Crippen molar-refractivity contribution in [3.8, 4) is 67.3 Å². The van der Waals surface area contributed by atoms with E-state index in [-0.39, 0.29) is 10.8 Å². The van der Waals surface area contributed by atoms with Crippen molar-refractivity contribution in [2.24, 2.45) is 0 Å². The summed E-state index contributed by atoms with van der Waals surface area (Å²) in [4.78, 5) is 14.7. The van der Waals surface area contributed by atoms with Crippen LogP contribution in [0.5, 0.6) is 0 Å².